The summed E-state index contributed by atoms with van der Waals surface area (Å²) in [5.41, 5.74) is 2.03. The number of anilines is 1. The van der Waals surface area contributed by atoms with Crippen LogP contribution in [-0.2, 0) is 0 Å². The molecular formula is C14H16N2O3. The van der Waals surface area contributed by atoms with Gasteiger partial charge in [-0.15, -0.1) is 0 Å². The van der Waals surface area contributed by atoms with Gasteiger partial charge in [0.2, 0.25) is 0 Å². The van der Waals surface area contributed by atoms with Crippen LogP contribution in [0.25, 0.3) is 0 Å². The molecule has 2 rings (SSSR count). The van der Waals surface area contributed by atoms with Crippen LogP contribution in [0.3, 0.4) is 0 Å². The molecule has 2 aromatic rings. The number of aromatic nitrogens is 1. The molecule has 1 unspecified atom stereocenters. The molecule has 0 aliphatic heterocycles. The summed E-state index contributed by atoms with van der Waals surface area (Å²) >= 11 is 0. The van der Waals surface area contributed by atoms with Crippen molar-refractivity contribution < 1.29 is 14.3 Å². The van der Waals surface area contributed by atoms with Crippen molar-refractivity contribution in [3.8, 4) is 0 Å². The highest BCUT2D eigenvalue weighted by atomic mass is 16.4. The molecule has 0 spiro atoms. The van der Waals surface area contributed by atoms with Crippen LogP contribution in [0.4, 0.5) is 5.69 Å². The van der Waals surface area contributed by atoms with Crippen molar-refractivity contribution in [2.45, 2.75) is 26.8 Å². The second kappa shape index (κ2) is 5.14. The number of carboxylic acid groups (broad SMARTS) is 1. The van der Waals surface area contributed by atoms with E-state index in [1.54, 1.807) is 25.3 Å². The van der Waals surface area contributed by atoms with Gasteiger partial charge in [0.25, 0.3) is 0 Å². The fraction of sp³-hybridized carbons (Fsp3) is 0.286. The van der Waals surface area contributed by atoms with Crippen LogP contribution < -0.4 is 5.32 Å². The molecule has 2 heterocycles. The predicted molar refractivity (Wildman–Crippen MR) is 71.4 cm³/mol. The van der Waals surface area contributed by atoms with Gasteiger partial charge in [-0.2, -0.15) is 0 Å². The Bertz CT molecular complexity index is 591. The first-order chi connectivity index (χ1) is 8.99. The van der Waals surface area contributed by atoms with Crippen molar-refractivity contribution in [3.05, 3.63) is 47.2 Å². The van der Waals surface area contributed by atoms with Crippen molar-refractivity contribution in [2.24, 2.45) is 0 Å². The SMILES string of the molecule is Cc1cc(NC(C)c2ccco2)c(C(=O)O)c(C)n1. The number of pyridine rings is 1. The molecule has 0 fully saturated rings. The van der Waals surface area contributed by atoms with Gasteiger partial charge in [0.15, 0.2) is 0 Å². The van der Waals surface area contributed by atoms with Gasteiger partial charge in [0.1, 0.15) is 11.3 Å². The Morgan fingerprint density at radius 3 is 2.79 bits per heavy atom. The van der Waals surface area contributed by atoms with Crippen LogP contribution in [0.5, 0.6) is 0 Å². The first-order valence-corrected chi connectivity index (χ1v) is 6.00. The zero-order valence-electron chi connectivity index (χ0n) is 11.1. The Morgan fingerprint density at radius 2 is 2.21 bits per heavy atom. The standard InChI is InChI=1S/C14H16N2O3/c1-8-7-11(13(14(17)18)10(3)15-8)16-9(2)12-5-4-6-19-12/h4-7,9H,1-3H3,(H,15,16)(H,17,18). The van der Waals surface area contributed by atoms with Gasteiger partial charge in [-0.1, -0.05) is 0 Å². The molecule has 0 radical (unpaired) electrons. The molecule has 0 aliphatic rings. The molecule has 0 aliphatic carbocycles. The maximum absolute atomic E-state index is 11.3. The minimum Gasteiger partial charge on any atom is -0.478 e. The van der Waals surface area contributed by atoms with Crippen LogP contribution in [-0.4, -0.2) is 16.1 Å². The number of furan rings is 1. The third-order valence-corrected chi connectivity index (χ3v) is 2.88. The van der Waals surface area contributed by atoms with Gasteiger partial charge < -0.3 is 14.8 Å². The molecule has 5 heteroatoms. The van der Waals surface area contributed by atoms with Crippen LogP contribution in [0.15, 0.2) is 28.9 Å². The van der Waals surface area contributed by atoms with Crippen molar-refractivity contribution in [2.75, 3.05) is 5.32 Å². The number of carbonyl (C=O) groups is 1. The summed E-state index contributed by atoms with van der Waals surface area (Å²) in [7, 11) is 0. The second-order valence-corrected chi connectivity index (χ2v) is 4.46. The summed E-state index contributed by atoms with van der Waals surface area (Å²) in [4.78, 5) is 15.5. The molecule has 19 heavy (non-hydrogen) atoms. The van der Waals surface area contributed by atoms with Crippen LogP contribution in [0.2, 0.25) is 0 Å². The Hall–Kier alpha value is -2.30. The smallest absolute Gasteiger partial charge is 0.339 e. The van der Waals surface area contributed by atoms with Crippen molar-refractivity contribution >= 4 is 11.7 Å². The van der Waals surface area contributed by atoms with E-state index in [-0.39, 0.29) is 11.6 Å². The fourth-order valence-corrected chi connectivity index (χ4v) is 2.05. The lowest BCUT2D eigenvalue weighted by molar-refractivity contribution is 0.0696. The number of hydrogen-bond donors (Lipinski definition) is 2. The number of rotatable bonds is 4. The molecular weight excluding hydrogens is 244 g/mol. The highest BCUT2D eigenvalue weighted by molar-refractivity contribution is 5.95. The van der Waals surface area contributed by atoms with E-state index in [0.29, 0.717) is 11.4 Å². The van der Waals surface area contributed by atoms with E-state index in [4.69, 9.17) is 4.42 Å². The van der Waals surface area contributed by atoms with E-state index in [2.05, 4.69) is 10.3 Å². The number of aryl methyl sites for hydroxylation is 2. The molecule has 100 valence electrons. The Morgan fingerprint density at radius 1 is 1.47 bits per heavy atom. The third kappa shape index (κ3) is 2.76. The lowest BCUT2D eigenvalue weighted by atomic mass is 10.1. The Kier molecular flexibility index (Phi) is 3.55. The minimum atomic E-state index is -0.987. The Labute approximate surface area is 111 Å². The topological polar surface area (TPSA) is 75.4 Å². The van der Waals surface area contributed by atoms with Crippen molar-refractivity contribution in [1.82, 2.24) is 4.98 Å². The van der Waals surface area contributed by atoms with Crippen LogP contribution in [0, 0.1) is 13.8 Å². The predicted octanol–water partition coefficient (Wildman–Crippen LogP) is 3.16. The van der Waals surface area contributed by atoms with Crippen molar-refractivity contribution in [1.29, 1.82) is 0 Å². The highest BCUT2D eigenvalue weighted by Gasteiger charge is 2.18. The molecule has 0 bridgehead atoms. The van der Waals surface area contributed by atoms with Gasteiger partial charge >= 0.3 is 5.97 Å². The van der Waals surface area contributed by atoms with E-state index in [1.807, 2.05) is 19.9 Å². The zero-order valence-corrected chi connectivity index (χ0v) is 11.1. The first kappa shape index (κ1) is 13.1. The maximum atomic E-state index is 11.3. The summed E-state index contributed by atoms with van der Waals surface area (Å²) in [6.45, 7) is 5.44. The molecule has 2 aromatic heterocycles. The lowest BCUT2D eigenvalue weighted by Crippen LogP contribution is -2.13. The molecule has 0 saturated heterocycles. The summed E-state index contributed by atoms with van der Waals surface area (Å²) in [5, 5.41) is 12.4. The van der Waals surface area contributed by atoms with Gasteiger partial charge in [0.05, 0.1) is 23.7 Å². The summed E-state index contributed by atoms with van der Waals surface area (Å²) in [5.74, 6) is -0.234. The molecule has 0 amide bonds. The zero-order chi connectivity index (χ0) is 14.0. The minimum absolute atomic E-state index is 0.116. The number of nitrogens with zero attached hydrogens (tertiary/aromatic N) is 1. The monoisotopic (exact) mass is 260 g/mol. The summed E-state index contributed by atoms with van der Waals surface area (Å²) < 4.78 is 5.30. The number of carboxylic acids is 1. The van der Waals surface area contributed by atoms with E-state index in [9.17, 15) is 9.90 Å². The maximum Gasteiger partial charge on any atom is 0.339 e. The second-order valence-electron chi connectivity index (χ2n) is 4.46. The van der Waals surface area contributed by atoms with Crippen molar-refractivity contribution in [3.63, 3.8) is 0 Å². The van der Waals surface area contributed by atoms with Gasteiger partial charge in [-0.05, 0) is 39.0 Å². The summed E-state index contributed by atoms with van der Waals surface area (Å²) in [6.07, 6.45) is 1.59. The van der Waals surface area contributed by atoms with Gasteiger partial charge in [0, 0.05) is 5.69 Å². The lowest BCUT2D eigenvalue weighted by Gasteiger charge is -2.16. The quantitative estimate of drug-likeness (QED) is 0.883. The van der Waals surface area contributed by atoms with Gasteiger partial charge in [-0.25, -0.2) is 4.79 Å². The number of hydrogen-bond acceptors (Lipinski definition) is 4. The summed E-state index contributed by atoms with van der Waals surface area (Å²) in [6, 6.07) is 5.26. The van der Waals surface area contributed by atoms with E-state index < -0.39 is 5.97 Å². The third-order valence-electron chi connectivity index (χ3n) is 2.88. The average molecular weight is 260 g/mol. The van der Waals surface area contributed by atoms with Crippen LogP contribution >= 0.6 is 0 Å². The highest BCUT2D eigenvalue weighted by Crippen LogP contribution is 2.25. The fourth-order valence-electron chi connectivity index (χ4n) is 2.05. The normalized spacial score (nSPS) is 12.2. The molecule has 0 aromatic carbocycles. The average Bonchev–Trinajstić information content (AvgIpc) is 2.80. The molecule has 2 N–H and O–H groups in total. The van der Waals surface area contributed by atoms with E-state index in [0.717, 1.165) is 11.5 Å². The Balaban J connectivity index is 2.36. The largest absolute Gasteiger partial charge is 0.478 e. The van der Waals surface area contributed by atoms with E-state index >= 15 is 0 Å². The van der Waals surface area contributed by atoms with Gasteiger partial charge in [-0.3, -0.25) is 4.98 Å². The number of aromatic carboxylic acids is 1. The molecule has 5 nitrogen and oxygen atoms in total. The molecule has 1 atom stereocenters. The number of nitrogens with one attached hydrogen (secondary N) is 1. The van der Waals surface area contributed by atoms with E-state index in [1.165, 1.54) is 0 Å². The van der Waals surface area contributed by atoms with Crippen LogP contribution in [0.1, 0.15) is 40.5 Å². The molecule has 0 saturated carbocycles. The first-order valence-electron chi connectivity index (χ1n) is 6.00.